The number of hydrogen-bond acceptors (Lipinski definition) is 5. The quantitative estimate of drug-likeness (QED) is 0.365. The molecule has 2 aromatic carbocycles. The van der Waals surface area contributed by atoms with Crippen LogP contribution in [0.25, 0.3) is 0 Å². The van der Waals surface area contributed by atoms with Gasteiger partial charge in [-0.05, 0) is 35.2 Å². The molecule has 0 saturated carbocycles. The highest BCUT2D eigenvalue weighted by Gasteiger charge is 2.31. The number of nitrogens with one attached hydrogen (secondary N) is 1. The van der Waals surface area contributed by atoms with Crippen molar-refractivity contribution in [1.29, 1.82) is 0 Å². The molecule has 7 N–H and O–H groups in total. The van der Waals surface area contributed by atoms with E-state index in [9.17, 15) is 15.0 Å². The highest BCUT2D eigenvalue weighted by Crippen LogP contribution is 2.33. The second kappa shape index (κ2) is 9.15. The molecule has 0 bridgehead atoms. The lowest BCUT2D eigenvalue weighted by Gasteiger charge is -2.27. The Labute approximate surface area is 176 Å². The van der Waals surface area contributed by atoms with Crippen molar-refractivity contribution in [2.75, 3.05) is 31.1 Å². The van der Waals surface area contributed by atoms with E-state index in [0.29, 0.717) is 11.3 Å². The molecule has 0 spiro atoms. The zero-order valence-corrected chi connectivity index (χ0v) is 17.4. The topological polar surface area (TPSA) is 128 Å². The maximum absolute atomic E-state index is 12.2. The van der Waals surface area contributed by atoms with Crippen molar-refractivity contribution >= 4 is 17.6 Å². The minimum atomic E-state index is -0.763. The molecule has 0 aromatic heterocycles. The number of phenolic OH excluding ortho intramolecular Hbond substituents is 2. The molecule has 1 aliphatic rings. The van der Waals surface area contributed by atoms with E-state index in [2.05, 4.69) is 10.2 Å². The van der Waals surface area contributed by atoms with E-state index in [1.807, 2.05) is 26.0 Å². The van der Waals surface area contributed by atoms with E-state index in [-0.39, 0.29) is 28.8 Å². The molecule has 0 radical (unpaired) electrons. The first-order valence-corrected chi connectivity index (χ1v) is 10.1. The van der Waals surface area contributed by atoms with Crippen molar-refractivity contribution in [3.63, 3.8) is 0 Å². The molecule has 0 atom stereocenters. The summed E-state index contributed by atoms with van der Waals surface area (Å²) in [5, 5.41) is 30.0. The van der Waals surface area contributed by atoms with Crippen LogP contribution in [0.4, 0.5) is 10.5 Å². The monoisotopic (exact) mass is 412 g/mol. The lowest BCUT2D eigenvalue weighted by atomic mass is 9.98. The summed E-state index contributed by atoms with van der Waals surface area (Å²) in [6, 6.07) is 9.51. The van der Waals surface area contributed by atoms with Crippen LogP contribution in [0.2, 0.25) is 0 Å². The number of primary amides is 1. The number of benzene rings is 2. The number of amides is 2. The Bertz CT molecular complexity index is 921. The van der Waals surface area contributed by atoms with Crippen LogP contribution in [0, 0.1) is 0 Å². The van der Waals surface area contributed by atoms with Gasteiger partial charge < -0.3 is 21.3 Å². The average molecular weight is 413 g/mol. The molecule has 8 heteroatoms. The molecular weight excluding hydrogens is 382 g/mol. The number of rotatable bonds is 5. The maximum Gasteiger partial charge on any atom is 0.411 e. The third-order valence-electron chi connectivity index (χ3n) is 5.31. The van der Waals surface area contributed by atoms with Crippen LogP contribution in [0.3, 0.4) is 0 Å². The van der Waals surface area contributed by atoms with Crippen molar-refractivity contribution in [1.82, 2.24) is 10.2 Å². The molecule has 0 unspecified atom stereocenters. The summed E-state index contributed by atoms with van der Waals surface area (Å²) in [7, 11) is 0. The zero-order valence-electron chi connectivity index (χ0n) is 17.4. The van der Waals surface area contributed by atoms with Gasteiger partial charge in [0.15, 0.2) is 0 Å². The number of aromatic hydroxyl groups is 2. The normalized spacial score (nSPS) is 14.6. The van der Waals surface area contributed by atoms with Gasteiger partial charge in [0.25, 0.3) is 5.84 Å². The number of phenols is 2. The van der Waals surface area contributed by atoms with Crippen LogP contribution in [0.1, 0.15) is 36.5 Å². The van der Waals surface area contributed by atoms with E-state index in [1.54, 1.807) is 18.2 Å². The SMILES string of the molecule is CC(C)c1cc(C(=[NH2+])N(C(N)=O)c2ccc(CN3CCNCC3)cc2)c(O)cc1O. The molecule has 2 aromatic rings. The molecule has 1 fully saturated rings. The summed E-state index contributed by atoms with van der Waals surface area (Å²) in [6.07, 6.45) is 0. The second-order valence-corrected chi connectivity index (χ2v) is 7.83. The summed E-state index contributed by atoms with van der Waals surface area (Å²) in [5.41, 5.74) is 8.09. The average Bonchev–Trinajstić information content (AvgIpc) is 2.69. The molecule has 0 aliphatic carbocycles. The molecule has 1 heterocycles. The smallest absolute Gasteiger partial charge is 0.411 e. The number of piperazine rings is 1. The van der Waals surface area contributed by atoms with Gasteiger partial charge >= 0.3 is 6.03 Å². The highest BCUT2D eigenvalue weighted by molar-refractivity contribution is 6.21. The van der Waals surface area contributed by atoms with Crippen molar-refractivity contribution in [2.24, 2.45) is 5.73 Å². The Morgan fingerprint density at radius 2 is 1.80 bits per heavy atom. The van der Waals surface area contributed by atoms with Crippen LogP contribution in [0.15, 0.2) is 36.4 Å². The van der Waals surface area contributed by atoms with Crippen LogP contribution < -0.4 is 21.4 Å². The van der Waals surface area contributed by atoms with Gasteiger partial charge in [-0.25, -0.2) is 4.79 Å². The van der Waals surface area contributed by atoms with Crippen molar-refractivity contribution in [3.8, 4) is 11.5 Å². The summed E-state index contributed by atoms with van der Waals surface area (Å²) in [4.78, 5) is 15.7. The number of amidine groups is 1. The Hall–Kier alpha value is -3.10. The fraction of sp³-hybridized carbons (Fsp3) is 0.364. The van der Waals surface area contributed by atoms with E-state index in [4.69, 9.17) is 11.1 Å². The summed E-state index contributed by atoms with van der Waals surface area (Å²) >= 11 is 0. The lowest BCUT2D eigenvalue weighted by molar-refractivity contribution is -0.114. The molecular formula is C22H30N5O3+. The molecule has 1 saturated heterocycles. The van der Waals surface area contributed by atoms with Crippen molar-refractivity contribution in [3.05, 3.63) is 53.1 Å². The third kappa shape index (κ3) is 4.72. The molecule has 8 nitrogen and oxygen atoms in total. The van der Waals surface area contributed by atoms with Gasteiger partial charge in [0.1, 0.15) is 22.7 Å². The fourth-order valence-corrected chi connectivity index (χ4v) is 3.64. The molecule has 3 rings (SSSR count). The van der Waals surface area contributed by atoms with Crippen molar-refractivity contribution < 1.29 is 20.4 Å². The Kier molecular flexibility index (Phi) is 6.59. The third-order valence-corrected chi connectivity index (χ3v) is 5.31. The highest BCUT2D eigenvalue weighted by atomic mass is 16.3. The summed E-state index contributed by atoms with van der Waals surface area (Å²) in [5.74, 6) is -0.252. The van der Waals surface area contributed by atoms with Gasteiger partial charge in [0, 0.05) is 38.8 Å². The predicted molar refractivity (Wildman–Crippen MR) is 117 cm³/mol. The van der Waals surface area contributed by atoms with Gasteiger partial charge in [-0.3, -0.25) is 10.3 Å². The number of nitrogens with zero attached hydrogens (tertiary/aromatic N) is 2. The van der Waals surface area contributed by atoms with Crippen LogP contribution in [0.5, 0.6) is 11.5 Å². The standard InChI is InChI=1S/C22H29N5O3/c1-14(2)17-11-18(20(29)12-19(17)28)21(23)27(22(24)30)16-5-3-15(4-6-16)13-26-9-7-25-8-10-26/h3-6,11-12,14,23,25,28-29H,7-10,13H2,1-2H3,(H2,24,30)/p+1. The van der Waals surface area contributed by atoms with E-state index in [0.717, 1.165) is 43.2 Å². The largest absolute Gasteiger partial charge is 0.508 e. The molecule has 2 amide bonds. The number of hydrogen-bond donors (Lipinski definition) is 5. The number of anilines is 1. The predicted octanol–water partition coefficient (Wildman–Crippen LogP) is 0.717. The maximum atomic E-state index is 12.2. The minimum Gasteiger partial charge on any atom is -0.508 e. The second-order valence-electron chi connectivity index (χ2n) is 7.83. The van der Waals surface area contributed by atoms with Gasteiger partial charge in [-0.15, -0.1) is 4.90 Å². The van der Waals surface area contributed by atoms with E-state index in [1.165, 1.54) is 6.07 Å². The van der Waals surface area contributed by atoms with Crippen LogP contribution >= 0.6 is 0 Å². The Morgan fingerprint density at radius 3 is 2.37 bits per heavy atom. The zero-order chi connectivity index (χ0) is 21.8. The number of urea groups is 1. The van der Waals surface area contributed by atoms with Gasteiger partial charge in [0.2, 0.25) is 0 Å². The number of carbonyl (C=O) groups excluding carboxylic acids is 1. The lowest BCUT2D eigenvalue weighted by Crippen LogP contribution is -2.55. The Morgan fingerprint density at radius 1 is 1.17 bits per heavy atom. The van der Waals surface area contributed by atoms with Gasteiger partial charge in [-0.2, -0.15) is 0 Å². The molecule has 160 valence electrons. The number of carbonyl (C=O) groups is 1. The van der Waals surface area contributed by atoms with Crippen LogP contribution in [-0.4, -0.2) is 53.2 Å². The molecule has 30 heavy (non-hydrogen) atoms. The van der Waals surface area contributed by atoms with E-state index < -0.39 is 6.03 Å². The van der Waals surface area contributed by atoms with Gasteiger partial charge in [-0.1, -0.05) is 26.0 Å². The summed E-state index contributed by atoms with van der Waals surface area (Å²) in [6.45, 7) is 8.60. The minimum absolute atomic E-state index is 0.00300. The first-order chi connectivity index (χ1) is 14.3. The Balaban J connectivity index is 1.86. The first kappa shape index (κ1) is 21.6. The first-order valence-electron chi connectivity index (χ1n) is 10.1. The van der Waals surface area contributed by atoms with Gasteiger partial charge in [0.05, 0.1) is 0 Å². The number of nitrogens with two attached hydrogens (primary N) is 2. The van der Waals surface area contributed by atoms with Crippen molar-refractivity contribution in [2.45, 2.75) is 26.3 Å². The van der Waals surface area contributed by atoms with Crippen LogP contribution in [-0.2, 0) is 6.54 Å². The molecule has 1 aliphatic heterocycles. The summed E-state index contributed by atoms with van der Waals surface area (Å²) < 4.78 is 0. The fourth-order valence-electron chi connectivity index (χ4n) is 3.64. The van der Waals surface area contributed by atoms with E-state index >= 15 is 0 Å².